The van der Waals surface area contributed by atoms with Gasteiger partial charge in [0.15, 0.2) is 0 Å². The van der Waals surface area contributed by atoms with Crippen molar-refractivity contribution in [2.45, 2.75) is 97.1 Å². The highest BCUT2D eigenvalue weighted by molar-refractivity contribution is 5.73. The SMILES string of the molecule is CO[C@@H]1CC2C3CC[C@H]([C@H](C)CCC(N)=O)[C@@]3(C)CCC2[C@@]2(C)CCC(NCCN)C[C@H]12. The summed E-state index contributed by atoms with van der Waals surface area (Å²) in [6, 6.07) is 0.599. The van der Waals surface area contributed by atoms with Gasteiger partial charge in [0.05, 0.1) is 6.10 Å². The van der Waals surface area contributed by atoms with Crippen LogP contribution in [0.3, 0.4) is 0 Å². The van der Waals surface area contributed by atoms with Crippen molar-refractivity contribution >= 4 is 5.91 Å². The molecule has 0 aromatic carbocycles. The van der Waals surface area contributed by atoms with E-state index in [1.165, 1.54) is 51.4 Å². The largest absolute Gasteiger partial charge is 0.381 e. The minimum Gasteiger partial charge on any atom is -0.381 e. The van der Waals surface area contributed by atoms with Crippen molar-refractivity contribution in [1.29, 1.82) is 0 Å². The third-order valence-electron chi connectivity index (χ3n) is 11.1. The Morgan fingerprint density at radius 1 is 1.06 bits per heavy atom. The van der Waals surface area contributed by atoms with Crippen molar-refractivity contribution in [2.24, 2.45) is 57.8 Å². The molecular weight excluding hydrogens is 398 g/mol. The summed E-state index contributed by atoms with van der Waals surface area (Å²) < 4.78 is 6.24. The maximum absolute atomic E-state index is 11.4. The Labute approximate surface area is 196 Å². The normalized spacial score (nSPS) is 46.7. The molecule has 32 heavy (non-hydrogen) atoms. The minimum atomic E-state index is -0.147. The zero-order chi connectivity index (χ0) is 23.1. The van der Waals surface area contributed by atoms with E-state index < -0.39 is 0 Å². The van der Waals surface area contributed by atoms with Gasteiger partial charge in [0.2, 0.25) is 5.91 Å². The lowest BCUT2D eigenvalue weighted by molar-refractivity contribution is -0.170. The predicted molar refractivity (Wildman–Crippen MR) is 130 cm³/mol. The smallest absolute Gasteiger partial charge is 0.217 e. The standard InChI is InChI=1S/C27H49N3O2/c1-17(5-8-25(29)31)20-6-7-21-19-16-24(32-4)23-15-18(30-14-13-28)9-11-27(23,3)22(19)10-12-26(20,21)2/h17-24,30H,5-16,28H2,1-4H3,(H2,29,31)/t17-,18?,19?,20-,21?,22?,23-,24-,26-,27-/m1/s1. The summed E-state index contributed by atoms with van der Waals surface area (Å²) >= 11 is 0. The summed E-state index contributed by atoms with van der Waals surface area (Å²) in [5, 5.41) is 3.71. The Bertz CT molecular complexity index is 671. The summed E-state index contributed by atoms with van der Waals surface area (Å²) in [4.78, 5) is 11.4. The molecule has 1 amide bonds. The molecule has 5 heteroatoms. The van der Waals surface area contributed by atoms with E-state index in [-0.39, 0.29) is 5.91 Å². The van der Waals surface area contributed by atoms with E-state index >= 15 is 0 Å². The summed E-state index contributed by atoms with van der Waals surface area (Å²) in [5.74, 6) is 4.28. The molecule has 0 saturated heterocycles. The van der Waals surface area contributed by atoms with Crippen LogP contribution in [0.4, 0.5) is 0 Å². The molecule has 0 aromatic rings. The van der Waals surface area contributed by atoms with Crippen LogP contribution in [-0.4, -0.2) is 38.3 Å². The minimum absolute atomic E-state index is 0.147. The molecule has 0 radical (unpaired) electrons. The molecule has 5 N–H and O–H groups in total. The molecule has 4 unspecified atom stereocenters. The number of nitrogens with one attached hydrogen (secondary N) is 1. The van der Waals surface area contributed by atoms with Crippen LogP contribution in [0.25, 0.3) is 0 Å². The Morgan fingerprint density at radius 3 is 2.47 bits per heavy atom. The van der Waals surface area contributed by atoms with Crippen molar-refractivity contribution in [1.82, 2.24) is 5.32 Å². The number of carbonyl (C=O) groups is 1. The van der Waals surface area contributed by atoms with Gasteiger partial charge in [0.1, 0.15) is 0 Å². The van der Waals surface area contributed by atoms with Crippen molar-refractivity contribution in [3.8, 4) is 0 Å². The predicted octanol–water partition coefficient (Wildman–Crippen LogP) is 4.09. The first-order valence-corrected chi connectivity index (χ1v) is 13.5. The van der Waals surface area contributed by atoms with Crippen LogP contribution in [0.1, 0.15) is 85.0 Å². The number of amides is 1. The van der Waals surface area contributed by atoms with Gasteiger partial charge >= 0.3 is 0 Å². The fourth-order valence-corrected chi connectivity index (χ4v) is 9.55. The van der Waals surface area contributed by atoms with E-state index in [9.17, 15) is 4.79 Å². The number of fused-ring (bicyclic) bond motifs is 5. The second-order valence-electron chi connectivity index (χ2n) is 12.4. The van der Waals surface area contributed by atoms with Crippen LogP contribution >= 0.6 is 0 Å². The second-order valence-corrected chi connectivity index (χ2v) is 12.4. The number of nitrogens with two attached hydrogens (primary N) is 2. The maximum Gasteiger partial charge on any atom is 0.217 e. The van der Waals surface area contributed by atoms with Gasteiger partial charge in [-0.1, -0.05) is 20.8 Å². The first-order chi connectivity index (χ1) is 15.2. The Morgan fingerprint density at radius 2 is 1.78 bits per heavy atom. The van der Waals surface area contributed by atoms with Gasteiger partial charge in [-0.3, -0.25) is 4.79 Å². The lowest BCUT2D eigenvalue weighted by Crippen LogP contribution is -2.59. The van der Waals surface area contributed by atoms with Crippen LogP contribution in [-0.2, 0) is 9.53 Å². The number of ether oxygens (including phenoxy) is 1. The van der Waals surface area contributed by atoms with Crippen molar-refractivity contribution < 1.29 is 9.53 Å². The topological polar surface area (TPSA) is 90.4 Å². The molecule has 5 nitrogen and oxygen atoms in total. The summed E-state index contributed by atoms with van der Waals surface area (Å²) in [5.41, 5.74) is 12.1. The zero-order valence-electron chi connectivity index (χ0n) is 21.1. The molecule has 0 bridgehead atoms. The van der Waals surface area contributed by atoms with Crippen LogP contribution in [0.5, 0.6) is 0 Å². The lowest BCUT2D eigenvalue weighted by Gasteiger charge is -2.63. The van der Waals surface area contributed by atoms with Crippen molar-refractivity contribution in [2.75, 3.05) is 20.2 Å². The zero-order valence-corrected chi connectivity index (χ0v) is 21.1. The quantitative estimate of drug-likeness (QED) is 0.523. The first-order valence-electron chi connectivity index (χ1n) is 13.5. The van der Waals surface area contributed by atoms with Gasteiger partial charge in [-0.2, -0.15) is 0 Å². The molecule has 0 aliphatic heterocycles. The molecular formula is C27H49N3O2. The first kappa shape index (κ1) is 24.5. The molecule has 0 spiro atoms. The van der Waals surface area contributed by atoms with E-state index in [1.54, 1.807) is 0 Å². The van der Waals surface area contributed by atoms with E-state index in [0.717, 1.165) is 43.2 Å². The van der Waals surface area contributed by atoms with Gasteiger partial charge in [-0.25, -0.2) is 0 Å². The van der Waals surface area contributed by atoms with Gasteiger partial charge in [0.25, 0.3) is 0 Å². The number of hydrogen-bond donors (Lipinski definition) is 3. The maximum atomic E-state index is 11.4. The van der Waals surface area contributed by atoms with E-state index in [1.807, 2.05) is 7.11 Å². The number of hydrogen-bond acceptors (Lipinski definition) is 4. The summed E-state index contributed by atoms with van der Waals surface area (Å²) in [6.45, 7) is 9.23. The molecule has 4 rings (SSSR count). The average Bonchev–Trinajstić information content (AvgIpc) is 3.12. The molecule has 184 valence electrons. The Balaban J connectivity index is 1.52. The fourth-order valence-electron chi connectivity index (χ4n) is 9.55. The molecule has 4 fully saturated rings. The molecule has 4 saturated carbocycles. The van der Waals surface area contributed by atoms with E-state index in [0.29, 0.717) is 41.2 Å². The lowest BCUT2D eigenvalue weighted by atomic mass is 9.43. The van der Waals surface area contributed by atoms with Crippen LogP contribution in [0.15, 0.2) is 0 Å². The van der Waals surface area contributed by atoms with Crippen LogP contribution in [0.2, 0.25) is 0 Å². The Hall–Kier alpha value is -0.650. The van der Waals surface area contributed by atoms with Crippen molar-refractivity contribution in [3.05, 3.63) is 0 Å². The third-order valence-corrected chi connectivity index (χ3v) is 11.1. The van der Waals surface area contributed by atoms with Gasteiger partial charge in [-0.05, 0) is 104 Å². The monoisotopic (exact) mass is 447 g/mol. The number of methoxy groups -OCH3 is 1. The number of primary amides is 1. The molecule has 0 aromatic heterocycles. The molecule has 10 atom stereocenters. The summed E-state index contributed by atoms with van der Waals surface area (Å²) in [6.07, 6.45) is 12.4. The molecule has 4 aliphatic carbocycles. The van der Waals surface area contributed by atoms with Gasteiger partial charge in [0, 0.05) is 32.7 Å². The molecule has 0 heterocycles. The van der Waals surface area contributed by atoms with Gasteiger partial charge < -0.3 is 21.5 Å². The highest BCUT2D eigenvalue weighted by atomic mass is 16.5. The van der Waals surface area contributed by atoms with E-state index in [2.05, 4.69) is 26.1 Å². The van der Waals surface area contributed by atoms with Crippen molar-refractivity contribution in [3.63, 3.8) is 0 Å². The van der Waals surface area contributed by atoms with Gasteiger partial charge in [-0.15, -0.1) is 0 Å². The van der Waals surface area contributed by atoms with E-state index in [4.69, 9.17) is 16.2 Å². The number of rotatable bonds is 8. The average molecular weight is 448 g/mol. The van der Waals surface area contributed by atoms with Crippen LogP contribution in [0, 0.1) is 46.3 Å². The fraction of sp³-hybridized carbons (Fsp3) is 0.963. The second kappa shape index (κ2) is 9.54. The van der Waals surface area contributed by atoms with Crippen LogP contribution < -0.4 is 16.8 Å². The summed E-state index contributed by atoms with van der Waals surface area (Å²) in [7, 11) is 1.95. The third kappa shape index (κ3) is 4.15. The molecule has 4 aliphatic rings. The number of carbonyl (C=O) groups excluding carboxylic acids is 1. The highest BCUT2D eigenvalue weighted by Gasteiger charge is 2.62. The Kier molecular flexibility index (Phi) is 7.30. The highest BCUT2D eigenvalue weighted by Crippen LogP contribution is 2.68.